The lowest BCUT2D eigenvalue weighted by atomic mass is 10.4. The van der Waals surface area contributed by atoms with Crippen molar-refractivity contribution in [3.8, 4) is 0 Å². The van der Waals surface area contributed by atoms with Crippen LogP contribution >= 0.6 is 7.60 Å². The molecule has 0 aromatic carbocycles. The zero-order valence-electron chi connectivity index (χ0n) is 7.63. The van der Waals surface area contributed by atoms with Crippen LogP contribution in [0.4, 0.5) is 0 Å². The van der Waals surface area contributed by atoms with E-state index in [1.54, 1.807) is 0 Å². The van der Waals surface area contributed by atoms with Crippen molar-refractivity contribution in [2.45, 2.75) is 0 Å². The Morgan fingerprint density at radius 2 is 1.50 bits per heavy atom. The van der Waals surface area contributed by atoms with Gasteiger partial charge in [0.15, 0.2) is 0 Å². The highest BCUT2D eigenvalue weighted by Gasteiger charge is 2.20. The van der Waals surface area contributed by atoms with Gasteiger partial charge in [0.05, 0.1) is 24.6 Å². The summed E-state index contributed by atoms with van der Waals surface area (Å²) >= 11 is 0. The third kappa shape index (κ3) is 7.82. The van der Waals surface area contributed by atoms with Crippen LogP contribution in [0, 0.1) is 0 Å². The minimum Gasteiger partial charge on any atom is -0.512 e. The molecule has 0 radical (unpaired) electrons. The molecular weight excluding hydrogens is 209 g/mol. The topological polar surface area (TPSA) is 101 Å². The van der Waals surface area contributed by atoms with Gasteiger partial charge in [0.25, 0.3) is 0 Å². The summed E-state index contributed by atoms with van der Waals surface area (Å²) in [5, 5.41) is 17.7. The van der Waals surface area contributed by atoms with E-state index in [1.165, 1.54) is 0 Å². The summed E-state index contributed by atoms with van der Waals surface area (Å²) in [6.07, 6.45) is -0.563. The average Bonchev–Trinajstić information content (AvgIpc) is 1.77. The lowest BCUT2D eigenvalue weighted by Crippen LogP contribution is -2.29. The summed E-state index contributed by atoms with van der Waals surface area (Å²) in [5.74, 6) is -0.473. The van der Waals surface area contributed by atoms with Crippen molar-refractivity contribution in [3.63, 3.8) is 0 Å². The van der Waals surface area contributed by atoms with Gasteiger partial charge in [-0.2, -0.15) is 0 Å². The van der Waals surface area contributed by atoms with E-state index >= 15 is 0 Å². The lowest BCUT2D eigenvalue weighted by molar-refractivity contribution is 0.242. The normalized spacial score (nSPS) is 11.6. The van der Waals surface area contributed by atoms with E-state index in [0.717, 1.165) is 4.90 Å². The first-order chi connectivity index (χ1) is 6.20. The van der Waals surface area contributed by atoms with Gasteiger partial charge in [-0.25, -0.2) is 0 Å². The molecular formula is C7H14NO5P. The summed E-state index contributed by atoms with van der Waals surface area (Å²) < 4.78 is 10.6. The predicted octanol–water partition coefficient (Wildman–Crippen LogP) is 0.567. The second kappa shape index (κ2) is 5.17. The molecule has 0 spiro atoms. The maximum atomic E-state index is 10.6. The molecule has 0 aromatic rings. The van der Waals surface area contributed by atoms with Crippen molar-refractivity contribution in [1.82, 2.24) is 4.90 Å². The van der Waals surface area contributed by atoms with Crippen molar-refractivity contribution in [2.75, 3.05) is 19.4 Å². The minimum absolute atomic E-state index is 0.120. The SMILES string of the molecule is C=C(O)CN(CC(=C)O)CP(=O)(O)O. The molecule has 14 heavy (non-hydrogen) atoms. The lowest BCUT2D eigenvalue weighted by Gasteiger charge is -2.20. The highest BCUT2D eigenvalue weighted by atomic mass is 31.2. The molecule has 0 saturated heterocycles. The molecule has 0 heterocycles. The molecule has 6 nitrogen and oxygen atoms in total. The van der Waals surface area contributed by atoms with Crippen molar-refractivity contribution >= 4 is 7.60 Å². The number of nitrogens with zero attached hydrogens (tertiary/aromatic N) is 1. The number of hydrogen-bond donors (Lipinski definition) is 4. The fourth-order valence-corrected chi connectivity index (χ4v) is 1.65. The summed E-state index contributed by atoms with van der Waals surface area (Å²) in [5.41, 5.74) is 0. The molecule has 0 aromatic heterocycles. The number of rotatable bonds is 6. The van der Waals surface area contributed by atoms with Gasteiger partial charge in [-0.05, 0) is 0 Å². The molecule has 0 atom stereocenters. The van der Waals surface area contributed by atoms with E-state index in [2.05, 4.69) is 13.2 Å². The smallest absolute Gasteiger partial charge is 0.339 e. The molecule has 0 amide bonds. The highest BCUT2D eigenvalue weighted by molar-refractivity contribution is 7.51. The number of aliphatic hydroxyl groups is 2. The molecule has 0 aliphatic rings. The molecule has 0 rings (SSSR count). The quantitative estimate of drug-likeness (QED) is 0.388. The standard InChI is InChI=1S/C7H14NO5P/c1-6(9)3-8(4-7(2)10)5-14(11,12)13/h9-10H,1-5H2,(H2,11,12,13). The van der Waals surface area contributed by atoms with Crippen molar-refractivity contribution in [1.29, 1.82) is 0 Å². The highest BCUT2D eigenvalue weighted by Crippen LogP contribution is 2.35. The van der Waals surface area contributed by atoms with Gasteiger partial charge in [-0.15, -0.1) is 0 Å². The molecule has 0 aliphatic heterocycles. The second-order valence-corrected chi connectivity index (χ2v) is 4.54. The van der Waals surface area contributed by atoms with E-state index in [0.29, 0.717) is 0 Å². The van der Waals surface area contributed by atoms with Gasteiger partial charge < -0.3 is 20.0 Å². The van der Waals surface area contributed by atoms with Gasteiger partial charge in [0, 0.05) is 0 Å². The molecule has 82 valence electrons. The van der Waals surface area contributed by atoms with Crippen LogP contribution in [0.1, 0.15) is 0 Å². The average molecular weight is 223 g/mol. The molecule has 4 N–H and O–H groups in total. The Balaban J connectivity index is 4.32. The van der Waals surface area contributed by atoms with Crippen molar-refractivity contribution < 1.29 is 24.6 Å². The first-order valence-electron chi connectivity index (χ1n) is 3.71. The Hall–Kier alpha value is -0.810. The van der Waals surface area contributed by atoms with Crippen LogP contribution in [0.2, 0.25) is 0 Å². The molecule has 0 fully saturated rings. The van der Waals surface area contributed by atoms with Crippen LogP contribution in [-0.2, 0) is 4.57 Å². The van der Waals surface area contributed by atoms with Crippen LogP contribution in [0.25, 0.3) is 0 Å². The molecule has 7 heteroatoms. The Kier molecular flexibility index (Phi) is 4.87. The summed E-state index contributed by atoms with van der Waals surface area (Å²) in [6.45, 7) is 6.12. The molecule has 0 aliphatic carbocycles. The fraction of sp³-hybridized carbons (Fsp3) is 0.429. The van der Waals surface area contributed by atoms with Crippen molar-refractivity contribution in [2.24, 2.45) is 0 Å². The van der Waals surface area contributed by atoms with E-state index < -0.39 is 13.9 Å². The fourth-order valence-electron chi connectivity index (χ4n) is 0.933. The van der Waals surface area contributed by atoms with E-state index in [4.69, 9.17) is 20.0 Å². The van der Waals surface area contributed by atoms with Crippen LogP contribution < -0.4 is 0 Å². The number of aliphatic hydroxyl groups excluding tert-OH is 2. The van der Waals surface area contributed by atoms with Gasteiger partial charge >= 0.3 is 7.60 Å². The maximum absolute atomic E-state index is 10.6. The Labute approximate surface area is 81.9 Å². The Morgan fingerprint density at radius 1 is 1.14 bits per heavy atom. The van der Waals surface area contributed by atoms with E-state index in [9.17, 15) is 4.57 Å². The van der Waals surface area contributed by atoms with Gasteiger partial charge in [0.2, 0.25) is 0 Å². The van der Waals surface area contributed by atoms with Gasteiger partial charge in [-0.1, -0.05) is 13.2 Å². The first kappa shape index (κ1) is 13.2. The van der Waals surface area contributed by atoms with Crippen molar-refractivity contribution in [3.05, 3.63) is 24.7 Å². The zero-order valence-corrected chi connectivity index (χ0v) is 8.52. The van der Waals surface area contributed by atoms with Gasteiger partial charge in [-0.3, -0.25) is 9.46 Å². The van der Waals surface area contributed by atoms with E-state index in [-0.39, 0.29) is 24.6 Å². The molecule has 0 saturated carbocycles. The van der Waals surface area contributed by atoms with Crippen LogP contribution in [0.3, 0.4) is 0 Å². The Bertz CT molecular complexity index is 255. The predicted molar refractivity (Wildman–Crippen MR) is 52.0 cm³/mol. The zero-order chi connectivity index (χ0) is 11.4. The summed E-state index contributed by atoms with van der Waals surface area (Å²) in [4.78, 5) is 18.5. The monoisotopic (exact) mass is 223 g/mol. The largest absolute Gasteiger partial charge is 0.512 e. The third-order valence-corrected chi connectivity index (χ3v) is 1.96. The summed E-state index contributed by atoms with van der Waals surface area (Å²) in [7, 11) is -4.21. The van der Waals surface area contributed by atoms with E-state index in [1.807, 2.05) is 0 Å². The molecule has 0 bridgehead atoms. The molecule has 0 unspecified atom stereocenters. The van der Waals surface area contributed by atoms with Gasteiger partial charge in [0.1, 0.15) is 6.29 Å². The summed E-state index contributed by atoms with van der Waals surface area (Å²) in [6, 6.07) is 0. The second-order valence-electron chi connectivity index (χ2n) is 2.93. The third-order valence-electron chi connectivity index (χ3n) is 1.20. The minimum atomic E-state index is -4.21. The van der Waals surface area contributed by atoms with Crippen LogP contribution in [0.5, 0.6) is 0 Å². The maximum Gasteiger partial charge on any atom is 0.339 e. The first-order valence-corrected chi connectivity index (χ1v) is 5.51. The van der Waals surface area contributed by atoms with Crippen LogP contribution in [0.15, 0.2) is 24.7 Å². The van der Waals surface area contributed by atoms with Crippen LogP contribution in [-0.4, -0.2) is 44.3 Å². The number of hydrogen-bond acceptors (Lipinski definition) is 4. The Morgan fingerprint density at radius 3 is 1.71 bits per heavy atom.